The number of hydrogen-bond donors (Lipinski definition) is 4. The lowest BCUT2D eigenvalue weighted by atomic mass is 9.81. The molecule has 4 rings (SSSR count). The number of pyridine rings is 1. The van der Waals surface area contributed by atoms with Gasteiger partial charge in [0.05, 0.1) is 5.69 Å². The number of amides is 3. The molecule has 0 aliphatic heterocycles. The molecule has 1 aromatic heterocycles. The van der Waals surface area contributed by atoms with Crippen LogP contribution in [0.25, 0.3) is 11.1 Å². The van der Waals surface area contributed by atoms with Gasteiger partial charge < -0.3 is 26.4 Å². The van der Waals surface area contributed by atoms with Crippen molar-refractivity contribution in [3.8, 4) is 11.1 Å². The van der Waals surface area contributed by atoms with E-state index >= 15 is 0 Å². The number of nitrogens with two attached hydrogens (primary N) is 1. The fourth-order valence-corrected chi connectivity index (χ4v) is 5.55. The SMILES string of the molecule is CN=C(C)c1ccc(NC(=O)[C@H](Cc2cccc(-c3cncc(N)c3)c2)NC(=O)C2CCC(CNC(=O)OC(C)(C)C)CC2)cc1. The second-order valence-corrected chi connectivity index (χ2v) is 12.9. The zero-order valence-electron chi connectivity index (χ0n) is 27.4. The van der Waals surface area contributed by atoms with Crippen molar-refractivity contribution in [1.29, 1.82) is 0 Å². The summed E-state index contributed by atoms with van der Waals surface area (Å²) < 4.78 is 5.34. The van der Waals surface area contributed by atoms with Crippen molar-refractivity contribution in [1.82, 2.24) is 15.6 Å². The molecule has 0 radical (unpaired) electrons. The van der Waals surface area contributed by atoms with Crippen molar-refractivity contribution in [3.05, 3.63) is 78.1 Å². The molecule has 10 heteroatoms. The summed E-state index contributed by atoms with van der Waals surface area (Å²) in [5.41, 5.74) is 11.1. The van der Waals surface area contributed by atoms with Crippen LogP contribution >= 0.6 is 0 Å². The fourth-order valence-electron chi connectivity index (χ4n) is 5.55. The molecule has 3 aromatic rings. The first kappa shape index (κ1) is 34.1. The van der Waals surface area contributed by atoms with Crippen LogP contribution in [0, 0.1) is 11.8 Å². The van der Waals surface area contributed by atoms with Gasteiger partial charge in [-0.1, -0.05) is 36.4 Å². The van der Waals surface area contributed by atoms with Crippen LogP contribution in [0.1, 0.15) is 64.5 Å². The second kappa shape index (κ2) is 15.5. The van der Waals surface area contributed by atoms with E-state index in [1.165, 1.54) is 0 Å². The number of anilines is 2. The van der Waals surface area contributed by atoms with Gasteiger partial charge in [-0.2, -0.15) is 0 Å². The Bertz CT molecular complexity index is 1540. The molecule has 0 unspecified atom stereocenters. The van der Waals surface area contributed by atoms with E-state index in [4.69, 9.17) is 10.5 Å². The summed E-state index contributed by atoms with van der Waals surface area (Å²) in [6, 6.07) is 16.4. The third-order valence-corrected chi connectivity index (χ3v) is 8.15. The maximum Gasteiger partial charge on any atom is 0.407 e. The number of nitrogens with one attached hydrogen (secondary N) is 3. The molecule has 5 N–H and O–H groups in total. The predicted molar refractivity (Wildman–Crippen MR) is 183 cm³/mol. The first-order valence-corrected chi connectivity index (χ1v) is 15.8. The molecular formula is C36H46N6O4. The number of nitrogens with zero attached hydrogens (tertiary/aromatic N) is 2. The molecule has 0 spiro atoms. The summed E-state index contributed by atoms with van der Waals surface area (Å²) in [7, 11) is 1.74. The van der Waals surface area contributed by atoms with Gasteiger partial charge in [-0.15, -0.1) is 0 Å². The van der Waals surface area contributed by atoms with Gasteiger partial charge in [0.25, 0.3) is 0 Å². The van der Waals surface area contributed by atoms with Crippen LogP contribution in [0.3, 0.4) is 0 Å². The smallest absolute Gasteiger partial charge is 0.407 e. The molecule has 1 aliphatic carbocycles. The lowest BCUT2D eigenvalue weighted by molar-refractivity contribution is -0.130. The molecule has 1 saturated carbocycles. The average Bonchev–Trinajstić information content (AvgIpc) is 3.03. The summed E-state index contributed by atoms with van der Waals surface area (Å²) in [5, 5.41) is 8.90. The first-order valence-electron chi connectivity index (χ1n) is 15.8. The minimum Gasteiger partial charge on any atom is -0.444 e. The van der Waals surface area contributed by atoms with Crippen molar-refractivity contribution in [2.45, 2.75) is 71.4 Å². The zero-order valence-corrected chi connectivity index (χ0v) is 27.4. The molecule has 3 amide bonds. The average molecular weight is 627 g/mol. The molecule has 1 heterocycles. The van der Waals surface area contributed by atoms with Crippen LogP contribution < -0.4 is 21.7 Å². The van der Waals surface area contributed by atoms with Gasteiger partial charge in [0.2, 0.25) is 11.8 Å². The number of nitrogen functional groups attached to an aromatic ring is 1. The van der Waals surface area contributed by atoms with Crippen molar-refractivity contribution < 1.29 is 19.1 Å². The Morgan fingerprint density at radius 2 is 1.72 bits per heavy atom. The number of aromatic nitrogens is 1. The van der Waals surface area contributed by atoms with Gasteiger partial charge >= 0.3 is 6.09 Å². The van der Waals surface area contributed by atoms with Gasteiger partial charge in [0.1, 0.15) is 11.6 Å². The molecule has 0 saturated heterocycles. The van der Waals surface area contributed by atoms with Crippen LogP contribution in [0.5, 0.6) is 0 Å². The third-order valence-electron chi connectivity index (χ3n) is 8.15. The summed E-state index contributed by atoms with van der Waals surface area (Å²) >= 11 is 0. The molecule has 1 atom stereocenters. The Morgan fingerprint density at radius 3 is 2.37 bits per heavy atom. The molecule has 1 aliphatic rings. The quantitative estimate of drug-likeness (QED) is 0.210. The summed E-state index contributed by atoms with van der Waals surface area (Å²) in [4.78, 5) is 47.7. The van der Waals surface area contributed by atoms with Crippen molar-refractivity contribution in [2.75, 3.05) is 24.6 Å². The Morgan fingerprint density at radius 1 is 1.00 bits per heavy atom. The zero-order chi connectivity index (χ0) is 33.3. The maximum absolute atomic E-state index is 13.7. The second-order valence-electron chi connectivity index (χ2n) is 12.9. The predicted octanol–water partition coefficient (Wildman–Crippen LogP) is 5.77. The topological polar surface area (TPSA) is 148 Å². The third kappa shape index (κ3) is 10.2. The number of aliphatic imine (C=N–C) groups is 1. The number of ether oxygens (including phenoxy) is 1. The first-order chi connectivity index (χ1) is 21.9. The molecule has 244 valence electrons. The summed E-state index contributed by atoms with van der Waals surface area (Å²) in [6.45, 7) is 7.93. The van der Waals surface area contributed by atoms with E-state index in [1.807, 2.05) is 82.3 Å². The van der Waals surface area contributed by atoms with E-state index in [2.05, 4.69) is 25.9 Å². The number of alkyl carbamates (subject to hydrolysis) is 1. The van der Waals surface area contributed by atoms with Crippen molar-refractivity contribution in [2.24, 2.45) is 16.8 Å². The van der Waals surface area contributed by atoms with Gasteiger partial charge in [-0.25, -0.2) is 4.79 Å². The number of hydrogen-bond acceptors (Lipinski definition) is 7. The summed E-state index contributed by atoms with van der Waals surface area (Å²) in [6.07, 6.45) is 6.17. The fraction of sp³-hybridized carbons (Fsp3) is 0.417. The highest BCUT2D eigenvalue weighted by atomic mass is 16.6. The van der Waals surface area contributed by atoms with Crippen LogP contribution in [-0.4, -0.2) is 53.8 Å². The minimum atomic E-state index is -0.799. The Labute approximate surface area is 271 Å². The minimum absolute atomic E-state index is 0.139. The van der Waals surface area contributed by atoms with Gasteiger partial charge in [-0.3, -0.25) is 19.6 Å². The standard InChI is InChI=1S/C36H46N6O4/c1-23(38-5)26-13-15-31(16-14-26)41-34(44)32(18-25-7-6-8-28(17-25)29-19-30(37)22-39-21-29)42-33(43)27-11-9-24(10-12-27)20-40-35(45)46-36(2,3)4/h6-8,13-17,19,21-22,24,27,32H,9-12,18,20,37H2,1-5H3,(H,40,45)(H,41,44)(H,42,43)/t24?,27?,32-/m0/s1. The maximum atomic E-state index is 13.7. The lowest BCUT2D eigenvalue weighted by Crippen LogP contribution is -2.48. The molecule has 46 heavy (non-hydrogen) atoms. The highest BCUT2D eigenvalue weighted by Gasteiger charge is 2.30. The molecule has 0 bridgehead atoms. The van der Waals surface area contributed by atoms with Crippen LogP contribution in [0.2, 0.25) is 0 Å². The van der Waals surface area contributed by atoms with E-state index in [-0.39, 0.29) is 23.7 Å². The Kier molecular flexibility index (Phi) is 11.5. The van der Waals surface area contributed by atoms with Crippen LogP contribution in [-0.2, 0) is 20.7 Å². The van der Waals surface area contributed by atoms with E-state index in [0.29, 0.717) is 37.2 Å². The van der Waals surface area contributed by atoms with Crippen LogP contribution in [0.15, 0.2) is 72.0 Å². The monoisotopic (exact) mass is 626 g/mol. The van der Waals surface area contributed by atoms with E-state index < -0.39 is 17.7 Å². The molecule has 2 aromatic carbocycles. The highest BCUT2D eigenvalue weighted by Crippen LogP contribution is 2.29. The highest BCUT2D eigenvalue weighted by molar-refractivity contribution is 6.00. The number of carbonyl (C=O) groups is 3. The normalized spacial score (nSPS) is 17.5. The molecular weight excluding hydrogens is 580 g/mol. The van der Waals surface area contributed by atoms with Gasteiger partial charge in [-0.05, 0) is 94.2 Å². The number of carbonyl (C=O) groups excluding carboxylic acids is 3. The van der Waals surface area contributed by atoms with Crippen molar-refractivity contribution >= 4 is 35.0 Å². The Hall–Kier alpha value is -4.73. The molecule has 10 nitrogen and oxygen atoms in total. The Balaban J connectivity index is 1.44. The van der Waals surface area contributed by atoms with Gasteiger partial charge in [0, 0.05) is 55.3 Å². The molecule has 1 fully saturated rings. The van der Waals surface area contributed by atoms with Crippen molar-refractivity contribution in [3.63, 3.8) is 0 Å². The largest absolute Gasteiger partial charge is 0.444 e. The lowest BCUT2D eigenvalue weighted by Gasteiger charge is -2.29. The van der Waals surface area contributed by atoms with E-state index in [0.717, 1.165) is 40.8 Å². The van der Waals surface area contributed by atoms with E-state index in [9.17, 15) is 14.4 Å². The number of rotatable bonds is 10. The van der Waals surface area contributed by atoms with Gasteiger partial charge in [0.15, 0.2) is 0 Å². The number of benzene rings is 2. The van der Waals surface area contributed by atoms with E-state index in [1.54, 1.807) is 19.4 Å². The summed E-state index contributed by atoms with van der Waals surface area (Å²) in [5.74, 6) is -0.383. The van der Waals surface area contributed by atoms with Crippen LogP contribution in [0.4, 0.5) is 16.2 Å².